The molecule has 2 N–H and O–H groups in total. The third-order valence-corrected chi connectivity index (χ3v) is 3.44. The zero-order valence-electron chi connectivity index (χ0n) is 11.7. The summed E-state index contributed by atoms with van der Waals surface area (Å²) in [5.41, 5.74) is 1.11. The van der Waals surface area contributed by atoms with E-state index in [1.165, 1.54) is 19.4 Å². The molecule has 0 amide bonds. The normalized spacial score (nSPS) is 12.4. The van der Waals surface area contributed by atoms with E-state index in [4.69, 9.17) is 16.3 Å². The van der Waals surface area contributed by atoms with Gasteiger partial charge in [-0.1, -0.05) is 18.5 Å². The topological polar surface area (TPSA) is 25.8 Å². The van der Waals surface area contributed by atoms with Gasteiger partial charge in [0.2, 0.25) is 0 Å². The zero-order valence-corrected chi connectivity index (χ0v) is 12.5. The van der Waals surface area contributed by atoms with Crippen LogP contribution in [0.15, 0.2) is 18.2 Å². The second-order valence-electron chi connectivity index (χ2n) is 4.88. The van der Waals surface area contributed by atoms with Crippen molar-refractivity contribution >= 4 is 11.6 Å². The first kappa shape index (κ1) is 15.3. The SMILES string of the molecule is CC[C@H](C)[NH2+]CCCCOc1ccc(Cl)cc1C. The molecule has 0 fully saturated rings. The summed E-state index contributed by atoms with van der Waals surface area (Å²) in [5, 5.41) is 3.18. The third-order valence-electron chi connectivity index (χ3n) is 3.21. The van der Waals surface area contributed by atoms with Crippen molar-refractivity contribution in [3.8, 4) is 5.75 Å². The minimum Gasteiger partial charge on any atom is -0.493 e. The van der Waals surface area contributed by atoms with Gasteiger partial charge >= 0.3 is 0 Å². The number of benzene rings is 1. The molecule has 0 aromatic heterocycles. The van der Waals surface area contributed by atoms with Crippen LogP contribution in [0.1, 0.15) is 38.7 Å². The van der Waals surface area contributed by atoms with Gasteiger partial charge in [-0.15, -0.1) is 0 Å². The first-order valence-electron chi connectivity index (χ1n) is 6.85. The van der Waals surface area contributed by atoms with Gasteiger partial charge in [-0.25, -0.2) is 0 Å². The highest BCUT2D eigenvalue weighted by atomic mass is 35.5. The molecule has 1 aromatic rings. The Hall–Kier alpha value is -0.730. The number of hydrogen-bond acceptors (Lipinski definition) is 1. The van der Waals surface area contributed by atoms with Crippen molar-refractivity contribution in [2.45, 2.75) is 46.1 Å². The van der Waals surface area contributed by atoms with Crippen LogP contribution in [0.5, 0.6) is 5.75 Å². The number of rotatable bonds is 8. The fourth-order valence-electron chi connectivity index (χ4n) is 1.77. The number of aryl methyl sites for hydroxylation is 1. The molecule has 0 saturated heterocycles. The van der Waals surface area contributed by atoms with Crippen LogP contribution >= 0.6 is 11.6 Å². The molecule has 3 heteroatoms. The van der Waals surface area contributed by atoms with Gasteiger partial charge in [-0.3, -0.25) is 0 Å². The molecule has 0 aliphatic heterocycles. The van der Waals surface area contributed by atoms with Gasteiger partial charge in [0.1, 0.15) is 5.75 Å². The fourth-order valence-corrected chi connectivity index (χ4v) is 2.00. The Morgan fingerprint density at radius 1 is 1.33 bits per heavy atom. The van der Waals surface area contributed by atoms with Crippen molar-refractivity contribution in [1.29, 1.82) is 0 Å². The second-order valence-corrected chi connectivity index (χ2v) is 5.31. The van der Waals surface area contributed by atoms with E-state index < -0.39 is 0 Å². The van der Waals surface area contributed by atoms with Gasteiger partial charge in [0.15, 0.2) is 0 Å². The summed E-state index contributed by atoms with van der Waals surface area (Å²) in [4.78, 5) is 0. The van der Waals surface area contributed by atoms with Crippen molar-refractivity contribution in [2.75, 3.05) is 13.2 Å². The molecule has 1 aromatic carbocycles. The lowest BCUT2D eigenvalue weighted by Crippen LogP contribution is -2.89. The van der Waals surface area contributed by atoms with Crippen molar-refractivity contribution in [3.05, 3.63) is 28.8 Å². The predicted octanol–water partition coefficient (Wildman–Crippen LogP) is 3.17. The lowest BCUT2D eigenvalue weighted by Gasteiger charge is -2.10. The Labute approximate surface area is 116 Å². The van der Waals surface area contributed by atoms with Crippen molar-refractivity contribution in [1.82, 2.24) is 0 Å². The van der Waals surface area contributed by atoms with Crippen LogP contribution in [0.2, 0.25) is 5.02 Å². The van der Waals surface area contributed by atoms with Crippen LogP contribution < -0.4 is 10.1 Å². The summed E-state index contributed by atoms with van der Waals surface area (Å²) in [6.45, 7) is 8.51. The number of unbranched alkanes of at least 4 members (excludes halogenated alkanes) is 1. The van der Waals surface area contributed by atoms with Crippen LogP contribution in [-0.4, -0.2) is 19.2 Å². The van der Waals surface area contributed by atoms with E-state index in [0.29, 0.717) is 0 Å². The Bertz CT molecular complexity index is 354. The minimum absolute atomic E-state index is 0.740. The van der Waals surface area contributed by atoms with Gasteiger partial charge in [-0.05, 0) is 56.9 Å². The lowest BCUT2D eigenvalue weighted by atomic mass is 10.2. The number of hydrogen-bond donors (Lipinski definition) is 1. The Kier molecular flexibility index (Phi) is 7.14. The molecule has 0 aliphatic rings. The fraction of sp³-hybridized carbons (Fsp3) is 0.600. The molecule has 0 saturated carbocycles. The summed E-state index contributed by atoms with van der Waals surface area (Å²) in [6.07, 6.45) is 3.55. The molecule has 0 bridgehead atoms. The van der Waals surface area contributed by atoms with E-state index in [1.54, 1.807) is 0 Å². The molecule has 102 valence electrons. The van der Waals surface area contributed by atoms with Crippen LogP contribution in [0.25, 0.3) is 0 Å². The molecule has 0 radical (unpaired) electrons. The summed E-state index contributed by atoms with van der Waals surface area (Å²) in [5.74, 6) is 0.949. The maximum absolute atomic E-state index is 5.90. The molecule has 18 heavy (non-hydrogen) atoms. The van der Waals surface area contributed by atoms with Crippen LogP contribution in [-0.2, 0) is 0 Å². The van der Waals surface area contributed by atoms with E-state index in [0.717, 1.165) is 35.4 Å². The van der Waals surface area contributed by atoms with Crippen molar-refractivity contribution in [3.63, 3.8) is 0 Å². The monoisotopic (exact) mass is 270 g/mol. The molecule has 2 nitrogen and oxygen atoms in total. The van der Waals surface area contributed by atoms with Crippen LogP contribution in [0.4, 0.5) is 0 Å². The third kappa shape index (κ3) is 5.74. The number of halogens is 1. The van der Waals surface area contributed by atoms with Gasteiger partial charge in [0.25, 0.3) is 0 Å². The zero-order chi connectivity index (χ0) is 13.4. The highest BCUT2D eigenvalue weighted by Gasteiger charge is 2.02. The quantitative estimate of drug-likeness (QED) is 0.722. The molecule has 1 atom stereocenters. The van der Waals surface area contributed by atoms with Gasteiger partial charge in [0, 0.05) is 5.02 Å². The Morgan fingerprint density at radius 3 is 2.78 bits per heavy atom. The van der Waals surface area contributed by atoms with Gasteiger partial charge < -0.3 is 10.1 Å². The predicted molar refractivity (Wildman–Crippen MR) is 77.5 cm³/mol. The number of nitrogens with two attached hydrogens (primary N) is 1. The number of quaternary nitrogens is 1. The molecular formula is C15H25ClNO+. The standard InChI is InChI=1S/C15H24ClNO/c1-4-13(3)17-9-5-6-10-18-15-8-7-14(16)11-12(15)2/h7-8,11,13,17H,4-6,9-10H2,1-3H3/p+1/t13-/m0/s1. The van der Waals surface area contributed by atoms with Gasteiger partial charge in [-0.2, -0.15) is 0 Å². The molecule has 0 heterocycles. The van der Waals surface area contributed by atoms with E-state index in [-0.39, 0.29) is 0 Å². The Balaban J connectivity index is 2.14. The Morgan fingerprint density at radius 2 is 2.11 bits per heavy atom. The highest BCUT2D eigenvalue weighted by Crippen LogP contribution is 2.21. The smallest absolute Gasteiger partial charge is 0.122 e. The van der Waals surface area contributed by atoms with Gasteiger partial charge in [0.05, 0.1) is 19.2 Å². The molecule has 0 spiro atoms. The van der Waals surface area contributed by atoms with E-state index >= 15 is 0 Å². The van der Waals surface area contributed by atoms with Crippen LogP contribution in [0, 0.1) is 6.92 Å². The highest BCUT2D eigenvalue weighted by molar-refractivity contribution is 6.30. The summed E-state index contributed by atoms with van der Waals surface area (Å²) in [6, 6.07) is 6.50. The lowest BCUT2D eigenvalue weighted by molar-refractivity contribution is -0.686. The van der Waals surface area contributed by atoms with Crippen molar-refractivity contribution in [2.24, 2.45) is 0 Å². The molecular weight excluding hydrogens is 246 g/mol. The van der Waals surface area contributed by atoms with Crippen molar-refractivity contribution < 1.29 is 10.1 Å². The van der Waals surface area contributed by atoms with Crippen LogP contribution in [0.3, 0.4) is 0 Å². The molecule has 1 rings (SSSR count). The average molecular weight is 271 g/mol. The average Bonchev–Trinajstić information content (AvgIpc) is 2.35. The second kappa shape index (κ2) is 8.39. The van der Waals surface area contributed by atoms with E-state index in [9.17, 15) is 0 Å². The first-order valence-corrected chi connectivity index (χ1v) is 7.23. The first-order chi connectivity index (χ1) is 8.63. The molecule has 0 aliphatic carbocycles. The maximum atomic E-state index is 5.90. The van der Waals surface area contributed by atoms with E-state index in [2.05, 4.69) is 19.2 Å². The summed E-state index contributed by atoms with van der Waals surface area (Å²) >= 11 is 5.90. The summed E-state index contributed by atoms with van der Waals surface area (Å²) in [7, 11) is 0. The minimum atomic E-state index is 0.740. The maximum Gasteiger partial charge on any atom is 0.122 e. The number of ether oxygens (including phenoxy) is 1. The summed E-state index contributed by atoms with van der Waals surface area (Å²) < 4.78 is 5.75. The largest absolute Gasteiger partial charge is 0.493 e. The van der Waals surface area contributed by atoms with E-state index in [1.807, 2.05) is 25.1 Å². The molecule has 0 unspecified atom stereocenters.